The van der Waals surface area contributed by atoms with Crippen molar-refractivity contribution < 1.29 is 9.53 Å². The van der Waals surface area contributed by atoms with Crippen LogP contribution in [-0.2, 0) is 4.79 Å². The van der Waals surface area contributed by atoms with Gasteiger partial charge in [-0.25, -0.2) is 0 Å². The van der Waals surface area contributed by atoms with E-state index >= 15 is 0 Å². The van der Waals surface area contributed by atoms with Gasteiger partial charge in [0, 0.05) is 19.0 Å². The molecule has 2 rings (SSSR count). The van der Waals surface area contributed by atoms with Crippen molar-refractivity contribution in [3.63, 3.8) is 0 Å². The van der Waals surface area contributed by atoms with Crippen LogP contribution in [0.15, 0.2) is 24.3 Å². The van der Waals surface area contributed by atoms with Crippen LogP contribution in [0, 0.1) is 0 Å². The van der Waals surface area contributed by atoms with Crippen molar-refractivity contribution in [1.29, 1.82) is 0 Å². The molecule has 1 aliphatic heterocycles. The summed E-state index contributed by atoms with van der Waals surface area (Å²) in [6.45, 7) is 7.38. The number of methoxy groups -OCH3 is 1. The van der Waals surface area contributed by atoms with E-state index in [1.165, 1.54) is 37.9 Å². The summed E-state index contributed by atoms with van der Waals surface area (Å²) in [5.41, 5.74) is 1.17. The Balaban J connectivity index is 1.74. The van der Waals surface area contributed by atoms with Gasteiger partial charge in [-0.15, -0.1) is 0 Å². The molecule has 0 aliphatic carbocycles. The summed E-state index contributed by atoms with van der Waals surface area (Å²) in [4.78, 5) is 14.7. The molecule has 0 radical (unpaired) electrons. The number of hydrogen-bond acceptors (Lipinski definition) is 3. The van der Waals surface area contributed by atoms with Crippen molar-refractivity contribution in [3.05, 3.63) is 29.8 Å². The molecular formula is C19H30N2O2. The molecule has 1 amide bonds. The number of piperidine rings is 1. The normalized spacial score (nSPS) is 18.2. The minimum atomic E-state index is 0.136. The molecular weight excluding hydrogens is 288 g/mol. The smallest absolute Gasteiger partial charge is 0.220 e. The van der Waals surface area contributed by atoms with E-state index in [1.54, 1.807) is 7.11 Å². The quantitative estimate of drug-likeness (QED) is 0.839. The number of rotatable bonds is 7. The van der Waals surface area contributed by atoms with Crippen LogP contribution in [0.1, 0.15) is 51.0 Å². The van der Waals surface area contributed by atoms with Crippen LogP contribution in [0.3, 0.4) is 0 Å². The molecule has 0 bridgehead atoms. The first-order chi connectivity index (χ1) is 11.1. The molecule has 0 spiro atoms. The Morgan fingerprint density at radius 2 is 1.83 bits per heavy atom. The number of benzene rings is 1. The first-order valence-electron chi connectivity index (χ1n) is 8.75. The van der Waals surface area contributed by atoms with Gasteiger partial charge in [-0.1, -0.05) is 25.5 Å². The molecule has 1 N–H and O–H groups in total. The minimum Gasteiger partial charge on any atom is -0.497 e. The first-order valence-corrected chi connectivity index (χ1v) is 8.75. The Labute approximate surface area is 140 Å². The van der Waals surface area contributed by atoms with Crippen molar-refractivity contribution in [2.45, 2.75) is 51.5 Å². The van der Waals surface area contributed by atoms with Crippen LogP contribution in [0.4, 0.5) is 0 Å². The van der Waals surface area contributed by atoms with E-state index in [0.717, 1.165) is 12.3 Å². The van der Waals surface area contributed by atoms with Crippen molar-refractivity contribution in [1.82, 2.24) is 10.2 Å². The molecule has 23 heavy (non-hydrogen) atoms. The fraction of sp³-hybridized carbons (Fsp3) is 0.632. The Hall–Kier alpha value is -1.55. The zero-order valence-electron chi connectivity index (χ0n) is 14.7. The third-order valence-electron chi connectivity index (χ3n) is 4.79. The lowest BCUT2D eigenvalue weighted by atomic mass is 9.97. The van der Waals surface area contributed by atoms with Gasteiger partial charge in [0.25, 0.3) is 0 Å². The van der Waals surface area contributed by atoms with Gasteiger partial charge in [0.2, 0.25) is 5.91 Å². The van der Waals surface area contributed by atoms with Gasteiger partial charge < -0.3 is 10.1 Å². The maximum Gasteiger partial charge on any atom is 0.220 e. The third kappa shape index (κ3) is 5.54. The SMILES string of the molecule is COc1ccc(C(C)CC(=O)NCC(C)N2CCCCC2)cc1. The highest BCUT2D eigenvalue weighted by Crippen LogP contribution is 2.21. The number of nitrogens with zero attached hydrogens (tertiary/aromatic N) is 1. The van der Waals surface area contributed by atoms with E-state index in [1.807, 2.05) is 24.3 Å². The number of hydrogen-bond donors (Lipinski definition) is 1. The molecule has 1 saturated heterocycles. The fourth-order valence-corrected chi connectivity index (χ4v) is 3.15. The summed E-state index contributed by atoms with van der Waals surface area (Å²) in [7, 11) is 1.66. The summed E-state index contributed by atoms with van der Waals surface area (Å²) in [6.07, 6.45) is 4.44. The Morgan fingerprint density at radius 1 is 1.17 bits per heavy atom. The number of amides is 1. The second-order valence-electron chi connectivity index (χ2n) is 6.63. The molecule has 2 atom stereocenters. The predicted molar refractivity (Wildman–Crippen MR) is 93.9 cm³/mol. The molecule has 0 aromatic heterocycles. The molecule has 1 aromatic rings. The van der Waals surface area contributed by atoms with E-state index in [-0.39, 0.29) is 11.8 Å². The molecule has 0 saturated carbocycles. The monoisotopic (exact) mass is 318 g/mol. The van der Waals surface area contributed by atoms with Gasteiger partial charge in [-0.3, -0.25) is 9.69 Å². The molecule has 4 heteroatoms. The van der Waals surface area contributed by atoms with Crippen molar-refractivity contribution in [3.8, 4) is 5.75 Å². The number of nitrogens with one attached hydrogen (secondary N) is 1. The van der Waals surface area contributed by atoms with Gasteiger partial charge in [0.05, 0.1) is 7.11 Å². The van der Waals surface area contributed by atoms with Crippen molar-refractivity contribution in [2.75, 3.05) is 26.7 Å². The van der Waals surface area contributed by atoms with Gasteiger partial charge in [-0.05, 0) is 56.5 Å². The highest BCUT2D eigenvalue weighted by molar-refractivity contribution is 5.76. The molecule has 2 unspecified atom stereocenters. The summed E-state index contributed by atoms with van der Waals surface area (Å²) >= 11 is 0. The molecule has 1 heterocycles. The second kappa shape index (κ2) is 8.92. The Bertz CT molecular complexity index is 481. The average Bonchev–Trinajstić information content (AvgIpc) is 2.60. The average molecular weight is 318 g/mol. The van der Waals surface area contributed by atoms with Crippen LogP contribution in [0.5, 0.6) is 5.75 Å². The summed E-state index contributed by atoms with van der Waals surface area (Å²) in [5, 5.41) is 3.10. The zero-order chi connectivity index (χ0) is 16.7. The number of carbonyl (C=O) groups is 1. The van der Waals surface area contributed by atoms with Crippen molar-refractivity contribution in [2.24, 2.45) is 0 Å². The van der Waals surface area contributed by atoms with Crippen molar-refractivity contribution >= 4 is 5.91 Å². The molecule has 4 nitrogen and oxygen atoms in total. The first kappa shape index (κ1) is 17.8. The summed E-state index contributed by atoms with van der Waals surface area (Å²) in [6, 6.07) is 8.39. The standard InChI is InChI=1S/C19H30N2O2/c1-15(17-7-9-18(23-3)10-8-17)13-19(22)20-14-16(2)21-11-5-4-6-12-21/h7-10,15-16H,4-6,11-14H2,1-3H3,(H,20,22). The van der Waals surface area contributed by atoms with E-state index in [0.29, 0.717) is 12.5 Å². The second-order valence-corrected chi connectivity index (χ2v) is 6.63. The lowest BCUT2D eigenvalue weighted by Crippen LogP contribution is -2.44. The Kier molecular flexibility index (Phi) is 6.90. The van der Waals surface area contributed by atoms with Gasteiger partial charge in [-0.2, -0.15) is 0 Å². The topological polar surface area (TPSA) is 41.6 Å². The zero-order valence-corrected chi connectivity index (χ0v) is 14.7. The summed E-state index contributed by atoms with van der Waals surface area (Å²) in [5.74, 6) is 1.20. The minimum absolute atomic E-state index is 0.136. The maximum absolute atomic E-state index is 12.2. The maximum atomic E-state index is 12.2. The Morgan fingerprint density at radius 3 is 2.43 bits per heavy atom. The largest absolute Gasteiger partial charge is 0.497 e. The fourth-order valence-electron chi connectivity index (χ4n) is 3.15. The van der Waals surface area contributed by atoms with Crippen LogP contribution in [-0.4, -0.2) is 43.6 Å². The number of likely N-dealkylation sites (tertiary alicyclic amines) is 1. The van der Waals surface area contributed by atoms with E-state index in [4.69, 9.17) is 4.74 Å². The highest BCUT2D eigenvalue weighted by atomic mass is 16.5. The predicted octanol–water partition coefficient (Wildman–Crippen LogP) is 3.18. The lowest BCUT2D eigenvalue weighted by molar-refractivity contribution is -0.121. The van der Waals surface area contributed by atoms with E-state index < -0.39 is 0 Å². The van der Waals surface area contributed by atoms with E-state index in [2.05, 4.69) is 24.1 Å². The van der Waals surface area contributed by atoms with Gasteiger partial charge >= 0.3 is 0 Å². The number of ether oxygens (including phenoxy) is 1. The van der Waals surface area contributed by atoms with Crippen LogP contribution >= 0.6 is 0 Å². The highest BCUT2D eigenvalue weighted by Gasteiger charge is 2.18. The van der Waals surface area contributed by atoms with Crippen LogP contribution in [0.2, 0.25) is 0 Å². The lowest BCUT2D eigenvalue weighted by Gasteiger charge is -2.32. The molecule has 1 fully saturated rings. The summed E-state index contributed by atoms with van der Waals surface area (Å²) < 4.78 is 5.17. The molecule has 128 valence electrons. The molecule has 1 aliphatic rings. The molecule has 1 aromatic carbocycles. The van der Waals surface area contributed by atoms with Gasteiger partial charge in [0.1, 0.15) is 5.75 Å². The van der Waals surface area contributed by atoms with Gasteiger partial charge in [0.15, 0.2) is 0 Å². The number of carbonyl (C=O) groups excluding carboxylic acids is 1. The van der Waals surface area contributed by atoms with Crippen LogP contribution in [0.25, 0.3) is 0 Å². The van der Waals surface area contributed by atoms with Crippen LogP contribution < -0.4 is 10.1 Å². The van der Waals surface area contributed by atoms with E-state index in [9.17, 15) is 4.79 Å². The third-order valence-corrected chi connectivity index (χ3v) is 4.79.